The van der Waals surface area contributed by atoms with E-state index in [1.807, 2.05) is 45.0 Å². The molecule has 6 nitrogen and oxygen atoms in total. The number of anilines is 1. The lowest BCUT2D eigenvalue weighted by atomic mass is 10.1. The fourth-order valence-electron chi connectivity index (χ4n) is 2.69. The lowest BCUT2D eigenvalue weighted by Gasteiger charge is -2.29. The smallest absolute Gasteiger partial charge is 0.247 e. The average molecular weight is 344 g/mol. The molecule has 1 aliphatic heterocycles. The minimum absolute atomic E-state index is 0.0122. The van der Waals surface area contributed by atoms with E-state index in [-0.39, 0.29) is 5.91 Å². The first-order valence-corrected chi connectivity index (χ1v) is 9.13. The third kappa shape index (κ3) is 2.96. The van der Waals surface area contributed by atoms with Gasteiger partial charge in [-0.05, 0) is 11.8 Å². The number of carbonyl (C=O) groups excluding carboxylic acids is 1. The van der Waals surface area contributed by atoms with Gasteiger partial charge in [0.2, 0.25) is 16.9 Å². The molecule has 2 heterocycles. The van der Waals surface area contributed by atoms with Crippen LogP contribution >= 0.6 is 11.8 Å². The average Bonchev–Trinajstić information content (AvgIpc) is 2.75. The van der Waals surface area contributed by atoms with E-state index in [4.69, 9.17) is 4.74 Å². The quantitative estimate of drug-likeness (QED) is 0.791. The Labute approximate surface area is 145 Å². The van der Waals surface area contributed by atoms with Crippen LogP contribution in [0.5, 0.6) is 5.88 Å². The highest BCUT2D eigenvalue weighted by molar-refractivity contribution is 7.99. The molecule has 24 heavy (non-hydrogen) atoms. The molecular formula is C17H20N4O2S. The summed E-state index contributed by atoms with van der Waals surface area (Å²) in [6.45, 7) is 5.88. The first-order valence-electron chi connectivity index (χ1n) is 8.15. The van der Waals surface area contributed by atoms with E-state index >= 15 is 0 Å². The maximum atomic E-state index is 12.6. The Hall–Kier alpha value is -2.15. The maximum Gasteiger partial charge on any atom is 0.247 e. The van der Waals surface area contributed by atoms with Gasteiger partial charge < -0.3 is 4.74 Å². The molecule has 0 saturated heterocycles. The molecule has 0 unspecified atom stereocenters. The van der Waals surface area contributed by atoms with Crippen molar-refractivity contribution in [2.45, 2.75) is 45.0 Å². The first-order chi connectivity index (χ1) is 11.7. The Morgan fingerprint density at radius 3 is 2.75 bits per heavy atom. The van der Waals surface area contributed by atoms with E-state index < -0.39 is 6.23 Å². The van der Waals surface area contributed by atoms with Crippen molar-refractivity contribution in [1.29, 1.82) is 0 Å². The molecule has 0 N–H and O–H groups in total. The summed E-state index contributed by atoms with van der Waals surface area (Å²) in [6, 6.07) is 7.67. The van der Waals surface area contributed by atoms with Crippen molar-refractivity contribution in [3.8, 4) is 17.1 Å². The lowest BCUT2D eigenvalue weighted by molar-refractivity contribution is -0.120. The zero-order valence-corrected chi connectivity index (χ0v) is 14.8. The minimum atomic E-state index is -0.406. The van der Waals surface area contributed by atoms with Gasteiger partial charge in [0.05, 0.1) is 5.69 Å². The number of aromatic nitrogens is 3. The number of benzene rings is 1. The molecule has 0 aliphatic carbocycles. The van der Waals surface area contributed by atoms with Crippen LogP contribution in [0.1, 0.15) is 33.6 Å². The van der Waals surface area contributed by atoms with Crippen molar-refractivity contribution in [1.82, 2.24) is 15.2 Å². The van der Waals surface area contributed by atoms with E-state index in [2.05, 4.69) is 15.2 Å². The van der Waals surface area contributed by atoms with Gasteiger partial charge in [-0.3, -0.25) is 9.69 Å². The fraction of sp³-hybridized carbons (Fsp3) is 0.412. The van der Waals surface area contributed by atoms with Gasteiger partial charge in [0.15, 0.2) is 11.9 Å². The van der Waals surface area contributed by atoms with E-state index in [1.54, 1.807) is 4.90 Å². The predicted octanol–water partition coefficient (Wildman–Crippen LogP) is 3.52. The van der Waals surface area contributed by atoms with Crippen LogP contribution in [0.25, 0.3) is 11.3 Å². The van der Waals surface area contributed by atoms with Gasteiger partial charge in [0.25, 0.3) is 0 Å². The Kier molecular flexibility index (Phi) is 4.99. The summed E-state index contributed by atoms with van der Waals surface area (Å²) in [4.78, 5) is 18.8. The van der Waals surface area contributed by atoms with E-state index in [1.165, 1.54) is 11.8 Å². The summed E-state index contributed by atoms with van der Waals surface area (Å²) >= 11 is 1.51. The lowest BCUT2D eigenvalue weighted by Crippen LogP contribution is -2.43. The third-order valence-corrected chi connectivity index (χ3v) is 4.50. The second kappa shape index (κ2) is 7.17. The van der Waals surface area contributed by atoms with Crippen LogP contribution in [0, 0.1) is 0 Å². The summed E-state index contributed by atoms with van der Waals surface area (Å²) in [7, 11) is 0. The Balaban J connectivity index is 2.18. The van der Waals surface area contributed by atoms with Crippen LogP contribution in [0.2, 0.25) is 0 Å². The molecule has 1 aromatic carbocycles. The van der Waals surface area contributed by atoms with E-state index in [9.17, 15) is 4.79 Å². The molecule has 0 saturated carbocycles. The number of hydrogen-bond donors (Lipinski definition) is 0. The summed E-state index contributed by atoms with van der Waals surface area (Å²) < 4.78 is 6.09. The topological polar surface area (TPSA) is 68.2 Å². The van der Waals surface area contributed by atoms with Crippen LogP contribution in [0.15, 0.2) is 29.4 Å². The molecule has 0 bridgehead atoms. The number of nitrogens with zero attached hydrogens (tertiary/aromatic N) is 4. The third-order valence-electron chi connectivity index (χ3n) is 3.78. The minimum Gasteiger partial charge on any atom is -0.451 e. The number of hydrogen-bond acceptors (Lipinski definition) is 6. The highest BCUT2D eigenvalue weighted by Crippen LogP contribution is 2.39. The molecule has 1 aliphatic rings. The number of para-hydroxylation sites is 1. The molecule has 126 valence electrons. The maximum absolute atomic E-state index is 12.6. The predicted molar refractivity (Wildman–Crippen MR) is 94.1 cm³/mol. The molecule has 7 heteroatoms. The Morgan fingerprint density at radius 1 is 1.25 bits per heavy atom. The standard InChI is InChI=1S/C17H20N4O2S/c1-4-13(22)21-12-10-8-7-9-11(12)15-16(23-14(21)5-2)18-17(20-19-15)24-6-3/h7-10,14H,4-6H2,1-3H3/t14-/m1/s1. The second-order valence-corrected chi connectivity index (χ2v) is 6.53. The molecule has 0 spiro atoms. The first kappa shape index (κ1) is 16.7. The summed E-state index contributed by atoms with van der Waals surface area (Å²) in [6.07, 6.45) is 0.649. The van der Waals surface area contributed by atoms with Crippen molar-refractivity contribution in [2.75, 3.05) is 10.7 Å². The number of fused-ring (bicyclic) bond motifs is 3. The normalized spacial score (nSPS) is 16.0. The molecule has 1 amide bonds. The van der Waals surface area contributed by atoms with Crippen molar-refractivity contribution in [3.63, 3.8) is 0 Å². The van der Waals surface area contributed by atoms with Gasteiger partial charge in [-0.2, -0.15) is 4.98 Å². The molecule has 3 rings (SSSR count). The van der Waals surface area contributed by atoms with Crippen molar-refractivity contribution >= 4 is 23.4 Å². The molecule has 1 aromatic heterocycles. The molecule has 1 atom stereocenters. The zero-order chi connectivity index (χ0) is 17.1. The summed E-state index contributed by atoms with van der Waals surface area (Å²) in [5.74, 6) is 1.30. The van der Waals surface area contributed by atoms with E-state index in [0.29, 0.717) is 29.6 Å². The number of ether oxygens (including phenoxy) is 1. The van der Waals surface area contributed by atoms with Gasteiger partial charge in [0, 0.05) is 18.4 Å². The number of rotatable bonds is 4. The highest BCUT2D eigenvalue weighted by atomic mass is 32.2. The molecule has 0 radical (unpaired) electrons. The molecule has 0 fully saturated rings. The number of carbonyl (C=O) groups is 1. The highest BCUT2D eigenvalue weighted by Gasteiger charge is 2.33. The van der Waals surface area contributed by atoms with Gasteiger partial charge in [0.1, 0.15) is 0 Å². The van der Waals surface area contributed by atoms with Crippen LogP contribution in [0.4, 0.5) is 5.69 Å². The van der Waals surface area contributed by atoms with Gasteiger partial charge in [-0.15, -0.1) is 10.2 Å². The van der Waals surface area contributed by atoms with Crippen LogP contribution in [0.3, 0.4) is 0 Å². The van der Waals surface area contributed by atoms with E-state index in [0.717, 1.165) is 17.0 Å². The van der Waals surface area contributed by atoms with Crippen LogP contribution in [-0.4, -0.2) is 33.1 Å². The molecular weight excluding hydrogens is 324 g/mol. The Bertz CT molecular complexity index is 753. The van der Waals surface area contributed by atoms with Crippen LogP contribution in [-0.2, 0) is 4.79 Å². The number of thioether (sulfide) groups is 1. The molecule has 2 aromatic rings. The largest absolute Gasteiger partial charge is 0.451 e. The Morgan fingerprint density at radius 2 is 2.04 bits per heavy atom. The summed E-state index contributed by atoms with van der Waals surface area (Å²) in [5, 5.41) is 9.10. The fourth-order valence-corrected chi connectivity index (χ4v) is 3.20. The SMILES string of the molecule is CCSc1nnc2c(n1)O[C@H](CC)N(C(=O)CC)c1ccccc1-2. The van der Waals surface area contributed by atoms with Crippen LogP contribution < -0.4 is 9.64 Å². The van der Waals surface area contributed by atoms with Gasteiger partial charge >= 0.3 is 0 Å². The zero-order valence-electron chi connectivity index (χ0n) is 14.0. The second-order valence-electron chi connectivity index (χ2n) is 5.30. The van der Waals surface area contributed by atoms with Crippen molar-refractivity contribution in [3.05, 3.63) is 24.3 Å². The number of amides is 1. The van der Waals surface area contributed by atoms with Crippen molar-refractivity contribution < 1.29 is 9.53 Å². The van der Waals surface area contributed by atoms with Gasteiger partial charge in [-0.25, -0.2) is 0 Å². The van der Waals surface area contributed by atoms with Crippen molar-refractivity contribution in [2.24, 2.45) is 0 Å². The summed E-state index contributed by atoms with van der Waals surface area (Å²) in [5.41, 5.74) is 2.19. The van der Waals surface area contributed by atoms with Gasteiger partial charge in [-0.1, -0.05) is 50.7 Å². The monoisotopic (exact) mass is 344 g/mol.